The Hall–Kier alpha value is -3.92. The lowest BCUT2D eigenvalue weighted by molar-refractivity contribution is -0.384. The first-order valence-corrected chi connectivity index (χ1v) is 10.8. The molecule has 0 radical (unpaired) electrons. The van der Waals surface area contributed by atoms with Crippen LogP contribution in [0.15, 0.2) is 53.9 Å². The molecule has 0 bridgehead atoms. The lowest BCUT2D eigenvalue weighted by Gasteiger charge is -2.04. The lowest BCUT2D eigenvalue weighted by atomic mass is 10.2. The number of carbonyl (C=O) groups is 1. The van der Waals surface area contributed by atoms with Crippen molar-refractivity contribution in [2.24, 2.45) is 0 Å². The molecule has 32 heavy (non-hydrogen) atoms. The Morgan fingerprint density at radius 3 is 2.72 bits per heavy atom. The van der Waals surface area contributed by atoms with E-state index >= 15 is 0 Å². The topological polar surface area (TPSA) is 116 Å². The van der Waals surface area contributed by atoms with Crippen LogP contribution in [0.5, 0.6) is 0 Å². The number of thiazole rings is 1. The smallest absolute Gasteiger partial charge is 0.273 e. The van der Waals surface area contributed by atoms with E-state index in [1.165, 1.54) is 22.4 Å². The second kappa shape index (κ2) is 9.06. The summed E-state index contributed by atoms with van der Waals surface area (Å²) in [6, 6.07) is 14.2. The fraction of sp³-hybridized carbons (Fsp3) is 0.182. The van der Waals surface area contributed by atoms with Crippen molar-refractivity contribution >= 4 is 22.9 Å². The predicted octanol–water partition coefficient (Wildman–Crippen LogP) is 3.89. The number of aryl methyl sites for hydroxylation is 1. The third-order valence-electron chi connectivity index (χ3n) is 4.91. The molecule has 0 saturated heterocycles. The first-order valence-electron chi connectivity index (χ1n) is 9.89. The molecule has 4 aromatic rings. The van der Waals surface area contributed by atoms with Gasteiger partial charge in [-0.25, -0.2) is 9.67 Å². The molecule has 0 fully saturated rings. The summed E-state index contributed by atoms with van der Waals surface area (Å²) in [5.41, 5.74) is 4.26. The van der Waals surface area contributed by atoms with Gasteiger partial charge in [0.15, 0.2) is 5.69 Å². The van der Waals surface area contributed by atoms with Crippen LogP contribution in [0.2, 0.25) is 0 Å². The number of hydrogen-bond acceptors (Lipinski definition) is 7. The molecule has 9 nitrogen and oxygen atoms in total. The van der Waals surface area contributed by atoms with E-state index in [1.54, 1.807) is 30.4 Å². The minimum atomic E-state index is -0.480. The van der Waals surface area contributed by atoms with Gasteiger partial charge >= 0.3 is 0 Å². The number of nitro benzene ring substituents is 1. The third-order valence-corrected chi connectivity index (χ3v) is 5.85. The number of aromatic nitrogens is 4. The van der Waals surface area contributed by atoms with E-state index in [0.717, 1.165) is 16.3 Å². The zero-order chi connectivity index (χ0) is 22.7. The van der Waals surface area contributed by atoms with E-state index in [2.05, 4.69) is 32.7 Å². The largest absolute Gasteiger partial charge is 0.350 e. The summed E-state index contributed by atoms with van der Waals surface area (Å²) in [4.78, 5) is 27.8. The number of rotatable bonds is 7. The molecule has 162 valence electrons. The third kappa shape index (κ3) is 4.54. The van der Waals surface area contributed by atoms with Crippen molar-refractivity contribution in [3.05, 3.63) is 86.7 Å². The second-order valence-corrected chi connectivity index (χ2v) is 8.09. The molecule has 0 aliphatic carbocycles. The van der Waals surface area contributed by atoms with Gasteiger partial charge in [0.1, 0.15) is 5.01 Å². The summed E-state index contributed by atoms with van der Waals surface area (Å²) in [7, 11) is 0. The van der Waals surface area contributed by atoms with Gasteiger partial charge in [-0.3, -0.25) is 14.9 Å². The Morgan fingerprint density at radius 1 is 1.19 bits per heavy atom. The van der Waals surface area contributed by atoms with Gasteiger partial charge in [0.2, 0.25) is 0 Å². The Kier molecular flexibility index (Phi) is 6.04. The highest BCUT2D eigenvalue weighted by atomic mass is 32.1. The lowest BCUT2D eigenvalue weighted by Crippen LogP contribution is -2.26. The monoisotopic (exact) mass is 448 g/mol. The SMILES string of the molecule is Cc1ccc(-c2nc(CCNC(=O)c3nnn(-c4cccc([N+](=O)[O-])c4)c3C)cs2)cc1. The van der Waals surface area contributed by atoms with E-state index in [4.69, 9.17) is 0 Å². The maximum Gasteiger partial charge on any atom is 0.273 e. The Bertz CT molecular complexity index is 1280. The molecule has 0 spiro atoms. The molecular formula is C22H20N6O3S. The normalized spacial score (nSPS) is 10.8. The molecular weight excluding hydrogens is 428 g/mol. The van der Waals surface area contributed by atoms with Crippen molar-refractivity contribution in [3.8, 4) is 16.3 Å². The van der Waals surface area contributed by atoms with E-state index < -0.39 is 4.92 Å². The molecule has 2 aromatic heterocycles. The van der Waals surface area contributed by atoms with Crippen LogP contribution in [-0.4, -0.2) is 37.4 Å². The summed E-state index contributed by atoms with van der Waals surface area (Å²) in [6.07, 6.45) is 0.589. The van der Waals surface area contributed by atoms with Gasteiger partial charge in [0.25, 0.3) is 11.6 Å². The number of benzene rings is 2. The first kappa shape index (κ1) is 21.3. The molecule has 4 rings (SSSR count). The van der Waals surface area contributed by atoms with Gasteiger partial charge in [0.05, 0.1) is 22.0 Å². The Balaban J connectivity index is 1.39. The maximum atomic E-state index is 12.6. The van der Waals surface area contributed by atoms with E-state index in [0.29, 0.717) is 24.3 Å². The number of nitrogens with zero attached hydrogens (tertiary/aromatic N) is 5. The number of nitrogens with one attached hydrogen (secondary N) is 1. The minimum Gasteiger partial charge on any atom is -0.350 e. The van der Waals surface area contributed by atoms with Gasteiger partial charge in [-0.1, -0.05) is 41.1 Å². The molecule has 0 aliphatic heterocycles. The number of hydrogen-bond donors (Lipinski definition) is 1. The fourth-order valence-electron chi connectivity index (χ4n) is 3.16. The zero-order valence-electron chi connectivity index (χ0n) is 17.5. The van der Waals surface area contributed by atoms with Crippen LogP contribution in [0.4, 0.5) is 5.69 Å². The van der Waals surface area contributed by atoms with Crippen molar-refractivity contribution in [1.29, 1.82) is 0 Å². The first-order chi connectivity index (χ1) is 15.4. The molecule has 0 aliphatic rings. The number of nitro groups is 1. The molecule has 0 unspecified atom stereocenters. The van der Waals surface area contributed by atoms with Gasteiger partial charge < -0.3 is 5.32 Å². The van der Waals surface area contributed by atoms with Gasteiger partial charge in [-0.15, -0.1) is 16.4 Å². The minimum absolute atomic E-state index is 0.0586. The molecule has 0 saturated carbocycles. The maximum absolute atomic E-state index is 12.6. The van der Waals surface area contributed by atoms with Crippen LogP contribution in [0.3, 0.4) is 0 Å². The standard InChI is InChI=1S/C22H20N6O3S/c1-14-6-8-16(9-7-14)22-24-17(13-32-22)10-11-23-21(29)20-15(2)27(26-25-20)18-4-3-5-19(12-18)28(30)31/h3-9,12-13H,10-11H2,1-2H3,(H,23,29). The summed E-state index contributed by atoms with van der Waals surface area (Å²) in [6.45, 7) is 4.14. The molecule has 1 amide bonds. The number of amides is 1. The molecule has 2 heterocycles. The Labute approximate surface area is 187 Å². The summed E-state index contributed by atoms with van der Waals surface area (Å²) < 4.78 is 1.41. The molecule has 1 N–H and O–H groups in total. The van der Waals surface area contributed by atoms with Crippen molar-refractivity contribution in [2.45, 2.75) is 20.3 Å². The van der Waals surface area contributed by atoms with Gasteiger partial charge in [0, 0.05) is 36.0 Å². The predicted molar refractivity (Wildman–Crippen MR) is 121 cm³/mol. The van der Waals surface area contributed by atoms with Crippen molar-refractivity contribution in [1.82, 2.24) is 25.3 Å². The number of carbonyl (C=O) groups excluding carboxylic acids is 1. The quantitative estimate of drug-likeness (QED) is 0.339. The highest BCUT2D eigenvalue weighted by Gasteiger charge is 2.18. The van der Waals surface area contributed by atoms with Crippen LogP contribution >= 0.6 is 11.3 Å². The molecule has 0 atom stereocenters. The van der Waals surface area contributed by atoms with Crippen LogP contribution in [0.1, 0.15) is 27.4 Å². The molecule has 2 aromatic carbocycles. The summed E-state index contributed by atoms with van der Waals surface area (Å²) in [5, 5.41) is 24.7. The average molecular weight is 449 g/mol. The highest BCUT2D eigenvalue weighted by molar-refractivity contribution is 7.13. The van der Waals surface area contributed by atoms with E-state index in [9.17, 15) is 14.9 Å². The van der Waals surface area contributed by atoms with Crippen LogP contribution in [0.25, 0.3) is 16.3 Å². The van der Waals surface area contributed by atoms with E-state index in [1.807, 2.05) is 24.4 Å². The van der Waals surface area contributed by atoms with E-state index in [-0.39, 0.29) is 17.3 Å². The van der Waals surface area contributed by atoms with Crippen molar-refractivity contribution in [3.63, 3.8) is 0 Å². The van der Waals surface area contributed by atoms with Crippen LogP contribution < -0.4 is 5.32 Å². The van der Waals surface area contributed by atoms with Crippen molar-refractivity contribution in [2.75, 3.05) is 6.54 Å². The summed E-state index contributed by atoms with van der Waals surface area (Å²) >= 11 is 1.57. The van der Waals surface area contributed by atoms with Crippen LogP contribution in [-0.2, 0) is 6.42 Å². The number of non-ortho nitro benzene ring substituents is 1. The molecule has 10 heteroatoms. The zero-order valence-corrected chi connectivity index (χ0v) is 18.3. The summed E-state index contributed by atoms with van der Waals surface area (Å²) in [5.74, 6) is -0.354. The second-order valence-electron chi connectivity index (χ2n) is 7.23. The van der Waals surface area contributed by atoms with Crippen molar-refractivity contribution < 1.29 is 9.72 Å². The van der Waals surface area contributed by atoms with Crippen LogP contribution in [0, 0.1) is 24.0 Å². The average Bonchev–Trinajstić information content (AvgIpc) is 3.41. The fourth-order valence-corrected chi connectivity index (χ4v) is 4.02. The van der Waals surface area contributed by atoms with Gasteiger partial charge in [-0.2, -0.15) is 0 Å². The highest BCUT2D eigenvalue weighted by Crippen LogP contribution is 2.24. The van der Waals surface area contributed by atoms with Gasteiger partial charge in [-0.05, 0) is 19.9 Å². The Morgan fingerprint density at radius 2 is 1.97 bits per heavy atom.